The van der Waals surface area contributed by atoms with E-state index < -0.39 is 0 Å². The van der Waals surface area contributed by atoms with Crippen LogP contribution in [0.4, 0.5) is 0 Å². The molecule has 2 aliphatic rings. The van der Waals surface area contributed by atoms with E-state index in [1.54, 1.807) is 0 Å². The molecule has 1 heterocycles. The highest BCUT2D eigenvalue weighted by molar-refractivity contribution is 5.81. The van der Waals surface area contributed by atoms with E-state index in [0.717, 1.165) is 38.7 Å². The van der Waals surface area contributed by atoms with Crippen LogP contribution in [0, 0.1) is 5.92 Å². The second-order valence-electron chi connectivity index (χ2n) is 4.27. The van der Waals surface area contributed by atoms with E-state index in [2.05, 4.69) is 0 Å². The average molecular weight is 182 g/mol. The summed E-state index contributed by atoms with van der Waals surface area (Å²) >= 11 is 0. The Morgan fingerprint density at radius 2 is 2.08 bits per heavy atom. The van der Waals surface area contributed by atoms with E-state index in [4.69, 9.17) is 4.74 Å². The first-order chi connectivity index (χ1) is 6.36. The summed E-state index contributed by atoms with van der Waals surface area (Å²) in [4.78, 5) is 11.5. The molecule has 74 valence electrons. The van der Waals surface area contributed by atoms with Crippen molar-refractivity contribution in [2.75, 3.05) is 6.61 Å². The van der Waals surface area contributed by atoms with Crippen molar-refractivity contribution in [3.8, 4) is 0 Å². The Morgan fingerprint density at radius 1 is 1.23 bits per heavy atom. The van der Waals surface area contributed by atoms with Gasteiger partial charge in [0.1, 0.15) is 5.78 Å². The summed E-state index contributed by atoms with van der Waals surface area (Å²) < 4.78 is 5.48. The lowest BCUT2D eigenvalue weighted by molar-refractivity contribution is -0.125. The van der Waals surface area contributed by atoms with Crippen molar-refractivity contribution in [2.24, 2.45) is 5.92 Å². The van der Waals surface area contributed by atoms with E-state index >= 15 is 0 Å². The number of carbonyl (C=O) groups excluding carboxylic acids is 1. The van der Waals surface area contributed by atoms with Crippen LogP contribution in [0.2, 0.25) is 0 Å². The standard InChI is InChI=1S/C11H18O2/c12-11(9-3-1-4-9)7-6-10-5-2-8-13-10/h9-10H,1-8H2. The van der Waals surface area contributed by atoms with Crippen LogP contribution < -0.4 is 0 Å². The second-order valence-corrected chi connectivity index (χ2v) is 4.27. The van der Waals surface area contributed by atoms with Gasteiger partial charge in [0.25, 0.3) is 0 Å². The molecule has 1 atom stereocenters. The summed E-state index contributed by atoms with van der Waals surface area (Å²) in [6.45, 7) is 0.905. The zero-order valence-electron chi connectivity index (χ0n) is 8.13. The van der Waals surface area contributed by atoms with Gasteiger partial charge in [0.05, 0.1) is 6.10 Å². The minimum Gasteiger partial charge on any atom is -0.378 e. The van der Waals surface area contributed by atoms with Gasteiger partial charge in [0, 0.05) is 18.9 Å². The van der Waals surface area contributed by atoms with Crippen molar-refractivity contribution in [1.29, 1.82) is 0 Å². The van der Waals surface area contributed by atoms with Gasteiger partial charge in [0.2, 0.25) is 0 Å². The van der Waals surface area contributed by atoms with E-state index in [1.807, 2.05) is 0 Å². The smallest absolute Gasteiger partial charge is 0.136 e. The molecular weight excluding hydrogens is 164 g/mol. The van der Waals surface area contributed by atoms with Gasteiger partial charge in [-0.15, -0.1) is 0 Å². The first kappa shape index (κ1) is 9.20. The van der Waals surface area contributed by atoms with Crippen LogP contribution in [0.3, 0.4) is 0 Å². The number of Topliss-reactive ketones (excluding diaryl/α,β-unsaturated/α-hetero) is 1. The average Bonchev–Trinajstić information content (AvgIpc) is 2.49. The van der Waals surface area contributed by atoms with Crippen molar-refractivity contribution in [3.63, 3.8) is 0 Å². The van der Waals surface area contributed by atoms with Crippen LogP contribution in [0.5, 0.6) is 0 Å². The van der Waals surface area contributed by atoms with Crippen molar-refractivity contribution < 1.29 is 9.53 Å². The van der Waals surface area contributed by atoms with E-state index in [-0.39, 0.29) is 0 Å². The molecule has 0 aromatic heterocycles. The fourth-order valence-corrected chi connectivity index (χ4v) is 2.11. The normalized spacial score (nSPS) is 28.8. The molecule has 0 N–H and O–H groups in total. The van der Waals surface area contributed by atoms with Gasteiger partial charge in [-0.1, -0.05) is 6.42 Å². The zero-order valence-corrected chi connectivity index (χ0v) is 8.13. The summed E-state index contributed by atoms with van der Waals surface area (Å²) in [7, 11) is 0. The van der Waals surface area contributed by atoms with Crippen molar-refractivity contribution in [3.05, 3.63) is 0 Å². The predicted molar refractivity (Wildman–Crippen MR) is 50.6 cm³/mol. The molecule has 2 heteroatoms. The molecule has 2 fully saturated rings. The molecule has 1 saturated carbocycles. The molecule has 0 bridgehead atoms. The number of ether oxygens (including phenoxy) is 1. The zero-order chi connectivity index (χ0) is 9.10. The maximum absolute atomic E-state index is 11.5. The molecule has 0 amide bonds. The number of carbonyl (C=O) groups is 1. The quantitative estimate of drug-likeness (QED) is 0.667. The SMILES string of the molecule is O=C(CCC1CCCO1)C1CCC1. The summed E-state index contributed by atoms with van der Waals surface area (Å²) in [6.07, 6.45) is 8.01. The van der Waals surface area contributed by atoms with Crippen LogP contribution in [0.25, 0.3) is 0 Å². The number of hydrogen-bond acceptors (Lipinski definition) is 2. The maximum atomic E-state index is 11.5. The van der Waals surface area contributed by atoms with Crippen molar-refractivity contribution >= 4 is 5.78 Å². The summed E-state index contributed by atoms with van der Waals surface area (Å²) in [5.41, 5.74) is 0. The van der Waals surface area contributed by atoms with Gasteiger partial charge in [-0.05, 0) is 32.1 Å². The molecule has 0 aromatic carbocycles. The molecular formula is C11H18O2. The van der Waals surface area contributed by atoms with E-state index in [9.17, 15) is 4.79 Å². The van der Waals surface area contributed by atoms with Gasteiger partial charge in [-0.2, -0.15) is 0 Å². The van der Waals surface area contributed by atoms with Gasteiger partial charge < -0.3 is 4.74 Å². The molecule has 1 aliphatic heterocycles. The lowest BCUT2D eigenvalue weighted by atomic mass is 9.80. The summed E-state index contributed by atoms with van der Waals surface area (Å²) in [5.74, 6) is 0.906. The third kappa shape index (κ3) is 2.31. The molecule has 0 radical (unpaired) electrons. The highest BCUT2D eigenvalue weighted by Gasteiger charge is 2.26. The van der Waals surface area contributed by atoms with Crippen LogP contribution in [0.15, 0.2) is 0 Å². The van der Waals surface area contributed by atoms with Gasteiger partial charge in [-0.3, -0.25) is 4.79 Å². The Bertz CT molecular complexity index is 179. The number of ketones is 1. The fourth-order valence-electron chi connectivity index (χ4n) is 2.11. The lowest BCUT2D eigenvalue weighted by Crippen LogP contribution is -2.22. The Labute approximate surface area is 79.7 Å². The molecule has 13 heavy (non-hydrogen) atoms. The van der Waals surface area contributed by atoms with Crippen LogP contribution >= 0.6 is 0 Å². The molecule has 1 saturated heterocycles. The monoisotopic (exact) mass is 182 g/mol. The Kier molecular flexibility index (Phi) is 2.99. The summed E-state index contributed by atoms with van der Waals surface area (Å²) in [5, 5.41) is 0. The minimum atomic E-state index is 0.393. The van der Waals surface area contributed by atoms with Gasteiger partial charge in [0.15, 0.2) is 0 Å². The van der Waals surface area contributed by atoms with E-state index in [1.165, 1.54) is 12.8 Å². The fraction of sp³-hybridized carbons (Fsp3) is 0.909. The maximum Gasteiger partial charge on any atom is 0.136 e. The largest absolute Gasteiger partial charge is 0.378 e. The molecule has 0 aromatic rings. The first-order valence-corrected chi connectivity index (χ1v) is 5.50. The summed E-state index contributed by atoms with van der Waals surface area (Å²) in [6, 6.07) is 0. The third-order valence-corrected chi connectivity index (χ3v) is 3.30. The van der Waals surface area contributed by atoms with Crippen LogP contribution in [-0.2, 0) is 9.53 Å². The molecule has 1 unspecified atom stereocenters. The first-order valence-electron chi connectivity index (χ1n) is 5.50. The van der Waals surface area contributed by atoms with Crippen LogP contribution in [0.1, 0.15) is 44.9 Å². The lowest BCUT2D eigenvalue weighted by Gasteiger charge is -2.24. The van der Waals surface area contributed by atoms with Gasteiger partial charge >= 0.3 is 0 Å². The van der Waals surface area contributed by atoms with E-state index in [0.29, 0.717) is 17.8 Å². The van der Waals surface area contributed by atoms with Crippen LogP contribution in [-0.4, -0.2) is 18.5 Å². The topological polar surface area (TPSA) is 26.3 Å². The Balaban J connectivity index is 1.63. The number of rotatable bonds is 4. The second kappa shape index (κ2) is 4.23. The van der Waals surface area contributed by atoms with Gasteiger partial charge in [-0.25, -0.2) is 0 Å². The minimum absolute atomic E-state index is 0.393. The Hall–Kier alpha value is -0.370. The Morgan fingerprint density at radius 3 is 2.62 bits per heavy atom. The molecule has 0 spiro atoms. The molecule has 1 aliphatic carbocycles. The van der Waals surface area contributed by atoms with Crippen molar-refractivity contribution in [2.45, 2.75) is 51.0 Å². The highest BCUT2D eigenvalue weighted by atomic mass is 16.5. The molecule has 2 nitrogen and oxygen atoms in total. The predicted octanol–water partition coefficient (Wildman–Crippen LogP) is 2.31. The highest BCUT2D eigenvalue weighted by Crippen LogP contribution is 2.29. The molecule has 2 rings (SSSR count). The third-order valence-electron chi connectivity index (χ3n) is 3.30. The number of hydrogen-bond donors (Lipinski definition) is 0. The van der Waals surface area contributed by atoms with Crippen molar-refractivity contribution in [1.82, 2.24) is 0 Å².